The predicted molar refractivity (Wildman–Crippen MR) is 71.7 cm³/mol. The Morgan fingerprint density at radius 2 is 1.67 bits per heavy atom. The van der Waals surface area contributed by atoms with Gasteiger partial charge in [-0.15, -0.1) is 0 Å². The first-order chi connectivity index (χ1) is 8.69. The third-order valence-electron chi connectivity index (χ3n) is 3.50. The maximum atomic E-state index is 9.22. The summed E-state index contributed by atoms with van der Waals surface area (Å²) >= 11 is 0. The molecule has 0 saturated carbocycles. The molecule has 0 aromatic heterocycles. The third-order valence-corrected chi connectivity index (χ3v) is 3.50. The van der Waals surface area contributed by atoms with E-state index in [1.165, 1.54) is 0 Å². The molecule has 0 amide bonds. The van der Waals surface area contributed by atoms with Gasteiger partial charge in [0, 0.05) is 6.42 Å². The van der Waals surface area contributed by atoms with Gasteiger partial charge < -0.3 is 9.47 Å². The summed E-state index contributed by atoms with van der Waals surface area (Å²) in [5.74, 6) is 1.63. The van der Waals surface area contributed by atoms with E-state index in [-0.39, 0.29) is 5.41 Å². The molecule has 0 bridgehead atoms. The highest BCUT2D eigenvalue weighted by atomic mass is 16.5. The Kier molecular flexibility index (Phi) is 5.51. The Morgan fingerprint density at radius 3 is 2.11 bits per heavy atom. The van der Waals surface area contributed by atoms with E-state index in [1.54, 1.807) is 7.11 Å². The molecule has 0 fully saturated rings. The number of rotatable bonds is 7. The third kappa shape index (κ3) is 3.66. The SMILES string of the molecule is CCC(C#N)(CC)CCOc1ccc(OC)cc1. The zero-order chi connectivity index (χ0) is 13.4. The van der Waals surface area contributed by atoms with Crippen molar-refractivity contribution in [2.75, 3.05) is 13.7 Å². The van der Waals surface area contributed by atoms with Crippen LogP contribution in [0.25, 0.3) is 0 Å². The lowest BCUT2D eigenvalue weighted by Crippen LogP contribution is -2.19. The standard InChI is InChI=1S/C15H21NO2/c1-4-15(5-2,12-16)10-11-18-14-8-6-13(17-3)7-9-14/h6-9H,4-5,10-11H2,1-3H3. The van der Waals surface area contributed by atoms with E-state index >= 15 is 0 Å². The minimum atomic E-state index is -0.244. The molecule has 0 saturated heterocycles. The van der Waals surface area contributed by atoms with Crippen LogP contribution >= 0.6 is 0 Å². The van der Waals surface area contributed by atoms with E-state index in [2.05, 4.69) is 19.9 Å². The minimum Gasteiger partial charge on any atom is -0.497 e. The molecule has 0 spiro atoms. The lowest BCUT2D eigenvalue weighted by Gasteiger charge is -2.23. The summed E-state index contributed by atoms with van der Waals surface area (Å²) in [6.45, 7) is 4.68. The normalized spacial score (nSPS) is 10.8. The van der Waals surface area contributed by atoms with Crippen molar-refractivity contribution in [1.82, 2.24) is 0 Å². The van der Waals surface area contributed by atoms with Crippen LogP contribution in [-0.2, 0) is 0 Å². The first-order valence-corrected chi connectivity index (χ1v) is 6.38. The summed E-state index contributed by atoms with van der Waals surface area (Å²) in [5.41, 5.74) is -0.244. The number of nitrogens with zero attached hydrogens (tertiary/aromatic N) is 1. The number of hydrogen-bond donors (Lipinski definition) is 0. The van der Waals surface area contributed by atoms with Crippen LogP contribution in [0, 0.1) is 16.7 Å². The Balaban J connectivity index is 2.48. The average Bonchev–Trinajstić information content (AvgIpc) is 2.45. The summed E-state index contributed by atoms with van der Waals surface area (Å²) in [6.07, 6.45) is 2.50. The summed E-state index contributed by atoms with van der Waals surface area (Å²) in [6, 6.07) is 9.91. The molecule has 0 atom stereocenters. The smallest absolute Gasteiger partial charge is 0.119 e. The lowest BCUT2D eigenvalue weighted by atomic mass is 9.81. The summed E-state index contributed by atoms with van der Waals surface area (Å²) < 4.78 is 10.7. The fourth-order valence-corrected chi connectivity index (χ4v) is 1.85. The van der Waals surface area contributed by atoms with Crippen molar-refractivity contribution in [3.63, 3.8) is 0 Å². The fourth-order valence-electron chi connectivity index (χ4n) is 1.85. The molecule has 0 aliphatic heterocycles. The fraction of sp³-hybridized carbons (Fsp3) is 0.533. The molecule has 98 valence electrons. The van der Waals surface area contributed by atoms with Crippen molar-refractivity contribution in [1.29, 1.82) is 5.26 Å². The van der Waals surface area contributed by atoms with Crippen molar-refractivity contribution in [2.24, 2.45) is 5.41 Å². The molecule has 1 rings (SSSR count). The van der Waals surface area contributed by atoms with Gasteiger partial charge in [-0.25, -0.2) is 0 Å². The Bertz CT molecular complexity index is 388. The van der Waals surface area contributed by atoms with Gasteiger partial charge in [0.05, 0.1) is 25.2 Å². The van der Waals surface area contributed by atoms with E-state index in [9.17, 15) is 5.26 Å². The Morgan fingerprint density at radius 1 is 1.11 bits per heavy atom. The van der Waals surface area contributed by atoms with Gasteiger partial charge in [-0.05, 0) is 37.1 Å². The quantitative estimate of drug-likeness (QED) is 0.736. The van der Waals surface area contributed by atoms with Gasteiger partial charge in [0.25, 0.3) is 0 Å². The van der Waals surface area contributed by atoms with Crippen molar-refractivity contribution < 1.29 is 9.47 Å². The van der Waals surface area contributed by atoms with Gasteiger partial charge in [-0.1, -0.05) is 13.8 Å². The van der Waals surface area contributed by atoms with Crippen LogP contribution in [-0.4, -0.2) is 13.7 Å². The van der Waals surface area contributed by atoms with Crippen molar-refractivity contribution in [3.05, 3.63) is 24.3 Å². The second-order valence-electron chi connectivity index (χ2n) is 4.37. The highest BCUT2D eigenvalue weighted by molar-refractivity contribution is 5.31. The van der Waals surface area contributed by atoms with Crippen molar-refractivity contribution in [2.45, 2.75) is 33.1 Å². The lowest BCUT2D eigenvalue weighted by molar-refractivity contribution is 0.231. The number of hydrogen-bond acceptors (Lipinski definition) is 3. The van der Waals surface area contributed by atoms with Crippen LogP contribution in [0.15, 0.2) is 24.3 Å². The highest BCUT2D eigenvalue weighted by Crippen LogP contribution is 2.29. The maximum absolute atomic E-state index is 9.22. The van der Waals surface area contributed by atoms with Crippen LogP contribution in [0.5, 0.6) is 11.5 Å². The molecule has 1 aromatic carbocycles. The summed E-state index contributed by atoms with van der Waals surface area (Å²) in [5, 5.41) is 9.22. The van der Waals surface area contributed by atoms with Gasteiger partial charge in [-0.3, -0.25) is 0 Å². The zero-order valence-electron chi connectivity index (χ0n) is 11.4. The van der Waals surface area contributed by atoms with Crippen LogP contribution < -0.4 is 9.47 Å². The van der Waals surface area contributed by atoms with Crippen LogP contribution in [0.3, 0.4) is 0 Å². The Hall–Kier alpha value is -1.69. The molecule has 0 N–H and O–H groups in total. The van der Waals surface area contributed by atoms with Crippen LogP contribution in [0.1, 0.15) is 33.1 Å². The molecule has 1 aromatic rings. The predicted octanol–water partition coefficient (Wildman–Crippen LogP) is 3.79. The summed E-state index contributed by atoms with van der Waals surface area (Å²) in [4.78, 5) is 0. The molecular formula is C15H21NO2. The first kappa shape index (κ1) is 14.4. The summed E-state index contributed by atoms with van der Waals surface area (Å²) in [7, 11) is 1.64. The molecule has 0 radical (unpaired) electrons. The van der Waals surface area contributed by atoms with Gasteiger partial charge >= 0.3 is 0 Å². The second kappa shape index (κ2) is 6.90. The highest BCUT2D eigenvalue weighted by Gasteiger charge is 2.25. The molecular weight excluding hydrogens is 226 g/mol. The van der Waals surface area contributed by atoms with E-state index in [0.717, 1.165) is 30.8 Å². The second-order valence-corrected chi connectivity index (χ2v) is 4.37. The molecule has 0 unspecified atom stereocenters. The Labute approximate surface area is 109 Å². The number of benzene rings is 1. The monoisotopic (exact) mass is 247 g/mol. The van der Waals surface area contributed by atoms with Crippen LogP contribution in [0.2, 0.25) is 0 Å². The first-order valence-electron chi connectivity index (χ1n) is 6.38. The van der Waals surface area contributed by atoms with Crippen LogP contribution in [0.4, 0.5) is 0 Å². The molecule has 0 aliphatic rings. The molecule has 3 nitrogen and oxygen atoms in total. The topological polar surface area (TPSA) is 42.2 Å². The molecule has 0 heterocycles. The van der Waals surface area contributed by atoms with Gasteiger partial charge in [0.2, 0.25) is 0 Å². The number of methoxy groups -OCH3 is 1. The van der Waals surface area contributed by atoms with Gasteiger partial charge in [0.1, 0.15) is 11.5 Å². The van der Waals surface area contributed by atoms with Crippen molar-refractivity contribution >= 4 is 0 Å². The molecule has 0 aliphatic carbocycles. The molecule has 18 heavy (non-hydrogen) atoms. The van der Waals surface area contributed by atoms with E-state index in [1.807, 2.05) is 24.3 Å². The number of ether oxygens (including phenoxy) is 2. The molecule has 3 heteroatoms. The van der Waals surface area contributed by atoms with Gasteiger partial charge in [-0.2, -0.15) is 5.26 Å². The zero-order valence-corrected chi connectivity index (χ0v) is 11.4. The average molecular weight is 247 g/mol. The van der Waals surface area contributed by atoms with E-state index in [4.69, 9.17) is 9.47 Å². The van der Waals surface area contributed by atoms with E-state index in [0.29, 0.717) is 6.61 Å². The van der Waals surface area contributed by atoms with E-state index < -0.39 is 0 Å². The largest absolute Gasteiger partial charge is 0.497 e. The minimum absolute atomic E-state index is 0.244. The maximum Gasteiger partial charge on any atom is 0.119 e. The van der Waals surface area contributed by atoms with Crippen molar-refractivity contribution in [3.8, 4) is 17.6 Å². The van der Waals surface area contributed by atoms with Gasteiger partial charge in [0.15, 0.2) is 0 Å². The number of nitriles is 1.